The van der Waals surface area contributed by atoms with Crippen LogP contribution in [-0.2, 0) is 0 Å². The van der Waals surface area contributed by atoms with E-state index in [-0.39, 0.29) is 17.7 Å². The molecule has 0 radical (unpaired) electrons. The summed E-state index contributed by atoms with van der Waals surface area (Å²) in [6.07, 6.45) is 1.57. The Balaban J connectivity index is 0.000000151. The van der Waals surface area contributed by atoms with Crippen molar-refractivity contribution in [3.05, 3.63) is 42.7 Å². The Hall–Kier alpha value is -2.17. The number of aromatic hydroxyl groups is 2. The zero-order valence-corrected chi connectivity index (χ0v) is 7.20. The van der Waals surface area contributed by atoms with E-state index in [1.807, 2.05) is 0 Å². The molecule has 0 spiro atoms. The average molecular weight is 192 g/mol. The zero-order valence-electron chi connectivity index (χ0n) is 8.20. The van der Waals surface area contributed by atoms with Crippen LogP contribution in [0.4, 0.5) is 0 Å². The molecule has 1 heterocycles. The molecule has 0 saturated heterocycles. The van der Waals surface area contributed by atoms with E-state index in [1.165, 1.54) is 24.4 Å². The minimum absolute atomic E-state index is 0.0764. The second-order valence-electron chi connectivity index (χ2n) is 2.24. The Morgan fingerprint density at radius 2 is 1.64 bits per heavy atom. The van der Waals surface area contributed by atoms with Crippen LogP contribution in [0, 0.1) is 0 Å². The lowest BCUT2D eigenvalue weighted by Gasteiger charge is -1.91. The predicted molar refractivity (Wildman–Crippen MR) is 49.6 cm³/mol. The monoisotopic (exact) mass is 192 g/mol. The van der Waals surface area contributed by atoms with Crippen molar-refractivity contribution in [2.75, 3.05) is 0 Å². The molecule has 0 fully saturated rings. The van der Waals surface area contributed by atoms with Gasteiger partial charge in [0.05, 0.1) is 13.7 Å². The molecular formula is C9H9N3O2. The van der Waals surface area contributed by atoms with Crippen molar-refractivity contribution in [1.82, 2.24) is 15.4 Å². The van der Waals surface area contributed by atoms with Gasteiger partial charge in [0, 0.05) is 0 Å². The SMILES string of the molecule is Oc1ccccc1O.[2H]c1ccnnn1. The lowest BCUT2D eigenvalue weighted by Crippen LogP contribution is -1.78. The van der Waals surface area contributed by atoms with Crippen LogP contribution in [-0.4, -0.2) is 25.6 Å². The summed E-state index contributed by atoms with van der Waals surface area (Å²) in [5.74, 6) is -0.153. The Morgan fingerprint density at radius 3 is 1.93 bits per heavy atom. The summed E-state index contributed by atoms with van der Waals surface area (Å²) in [6, 6.07) is 7.61. The van der Waals surface area contributed by atoms with Crippen LogP contribution in [0.25, 0.3) is 0 Å². The highest BCUT2D eigenvalue weighted by atomic mass is 16.3. The number of phenolic OH excluding ortho intramolecular Hbond substituents is 2. The molecule has 72 valence electrons. The number of rotatable bonds is 0. The maximum absolute atomic E-state index is 8.67. The summed E-state index contributed by atoms with van der Waals surface area (Å²) in [6.45, 7) is 0. The molecule has 2 N–H and O–H groups in total. The second kappa shape index (κ2) is 5.47. The van der Waals surface area contributed by atoms with E-state index in [2.05, 4.69) is 15.4 Å². The van der Waals surface area contributed by atoms with Crippen molar-refractivity contribution in [3.63, 3.8) is 0 Å². The molecule has 5 nitrogen and oxygen atoms in total. The van der Waals surface area contributed by atoms with Crippen LogP contribution in [0.1, 0.15) is 1.37 Å². The Labute approximate surface area is 82.1 Å². The Kier molecular flexibility index (Phi) is 3.29. The van der Waals surface area contributed by atoms with Crippen LogP contribution in [0.3, 0.4) is 0 Å². The van der Waals surface area contributed by atoms with Crippen LogP contribution < -0.4 is 0 Å². The highest BCUT2D eigenvalue weighted by Gasteiger charge is 1.90. The maximum atomic E-state index is 8.67. The molecule has 0 amide bonds. The molecule has 1 aromatic heterocycles. The molecular weight excluding hydrogens is 182 g/mol. The number of phenols is 2. The third-order valence-corrected chi connectivity index (χ3v) is 1.25. The smallest absolute Gasteiger partial charge is 0.157 e. The number of aromatic nitrogens is 3. The molecule has 2 aromatic rings. The third-order valence-electron chi connectivity index (χ3n) is 1.25. The van der Waals surface area contributed by atoms with Gasteiger partial charge in [-0.1, -0.05) is 12.1 Å². The lowest BCUT2D eigenvalue weighted by atomic mass is 10.3. The summed E-state index contributed by atoms with van der Waals surface area (Å²) >= 11 is 0. The van der Waals surface area contributed by atoms with Crippen molar-refractivity contribution < 1.29 is 11.6 Å². The summed E-state index contributed by atoms with van der Waals surface area (Å²) in [7, 11) is 0. The Morgan fingerprint density at radius 1 is 1.00 bits per heavy atom. The van der Waals surface area contributed by atoms with Crippen molar-refractivity contribution in [1.29, 1.82) is 0 Å². The van der Waals surface area contributed by atoms with Crippen LogP contribution in [0.2, 0.25) is 0 Å². The summed E-state index contributed by atoms with van der Waals surface area (Å²) in [5, 5.41) is 27.2. The minimum Gasteiger partial charge on any atom is -0.504 e. The van der Waals surface area contributed by atoms with Gasteiger partial charge in [-0.2, -0.15) is 0 Å². The summed E-state index contributed by atoms with van der Waals surface area (Å²) in [4.78, 5) is 0. The first-order chi connectivity index (χ1) is 7.20. The van der Waals surface area contributed by atoms with Gasteiger partial charge in [0.25, 0.3) is 0 Å². The Bertz CT molecular complexity index is 390. The molecule has 0 unspecified atom stereocenters. The van der Waals surface area contributed by atoms with Gasteiger partial charge in [0.2, 0.25) is 0 Å². The molecule has 14 heavy (non-hydrogen) atoms. The molecule has 0 aliphatic heterocycles. The molecule has 2 rings (SSSR count). The van der Waals surface area contributed by atoms with Gasteiger partial charge in [0.15, 0.2) is 11.5 Å². The van der Waals surface area contributed by atoms with Gasteiger partial charge in [-0.3, -0.25) is 0 Å². The predicted octanol–water partition coefficient (Wildman–Crippen LogP) is 0.969. The van der Waals surface area contributed by atoms with E-state index in [1.54, 1.807) is 12.1 Å². The molecule has 0 saturated carbocycles. The fourth-order valence-electron chi connectivity index (χ4n) is 0.646. The average Bonchev–Trinajstić information content (AvgIpc) is 2.25. The molecule has 0 bridgehead atoms. The third kappa shape index (κ3) is 3.48. The number of hydrogen-bond acceptors (Lipinski definition) is 5. The van der Waals surface area contributed by atoms with Gasteiger partial charge in [-0.05, 0) is 23.4 Å². The van der Waals surface area contributed by atoms with E-state index in [9.17, 15) is 0 Å². The topological polar surface area (TPSA) is 79.1 Å². The van der Waals surface area contributed by atoms with Crippen molar-refractivity contribution in [2.24, 2.45) is 0 Å². The van der Waals surface area contributed by atoms with Gasteiger partial charge in [0.1, 0.15) is 0 Å². The second-order valence-corrected chi connectivity index (χ2v) is 2.24. The normalized spacial score (nSPS) is 9.57. The first-order valence-electron chi connectivity index (χ1n) is 4.28. The number of benzene rings is 1. The number of para-hydroxylation sites is 2. The molecule has 0 aliphatic rings. The molecule has 5 heteroatoms. The summed E-state index contributed by atoms with van der Waals surface area (Å²) < 4.78 is 6.78. The van der Waals surface area contributed by atoms with E-state index in [0.717, 1.165) is 0 Å². The van der Waals surface area contributed by atoms with E-state index in [0.29, 0.717) is 0 Å². The van der Waals surface area contributed by atoms with Crippen molar-refractivity contribution in [3.8, 4) is 11.5 Å². The fraction of sp³-hybridized carbons (Fsp3) is 0. The molecule has 0 aliphatic carbocycles. The van der Waals surface area contributed by atoms with E-state index in [4.69, 9.17) is 11.6 Å². The fourth-order valence-corrected chi connectivity index (χ4v) is 0.646. The first-order valence-corrected chi connectivity index (χ1v) is 3.78. The quantitative estimate of drug-likeness (QED) is 0.608. The highest BCUT2D eigenvalue weighted by Crippen LogP contribution is 2.21. The summed E-state index contributed by atoms with van der Waals surface area (Å²) in [5.41, 5.74) is 0. The standard InChI is InChI=1S/C6H6O2.C3H3N3/c7-5-3-1-2-4-6(5)8;1-2-4-6-5-3-1/h1-4,7-8H;1-3H/i;2D. The minimum atomic E-state index is -0.0764. The van der Waals surface area contributed by atoms with Gasteiger partial charge < -0.3 is 10.2 Å². The highest BCUT2D eigenvalue weighted by molar-refractivity contribution is 5.36. The van der Waals surface area contributed by atoms with E-state index < -0.39 is 0 Å². The van der Waals surface area contributed by atoms with Gasteiger partial charge in [-0.25, -0.2) is 0 Å². The van der Waals surface area contributed by atoms with Gasteiger partial charge >= 0.3 is 0 Å². The maximum Gasteiger partial charge on any atom is 0.157 e. The number of hydrogen-bond donors (Lipinski definition) is 2. The van der Waals surface area contributed by atoms with Gasteiger partial charge in [-0.15, -0.1) is 10.2 Å². The lowest BCUT2D eigenvalue weighted by molar-refractivity contribution is 0.404. The molecule has 1 aromatic carbocycles. The first kappa shape index (κ1) is 8.43. The zero-order chi connectivity index (χ0) is 11.1. The van der Waals surface area contributed by atoms with Crippen LogP contribution >= 0.6 is 0 Å². The van der Waals surface area contributed by atoms with Crippen LogP contribution in [0.5, 0.6) is 11.5 Å². The molecule has 0 atom stereocenters. The van der Waals surface area contributed by atoms with Crippen molar-refractivity contribution in [2.45, 2.75) is 0 Å². The van der Waals surface area contributed by atoms with Crippen LogP contribution in [0.15, 0.2) is 42.7 Å². The number of nitrogens with zero attached hydrogens (tertiary/aromatic N) is 3. The van der Waals surface area contributed by atoms with Crippen molar-refractivity contribution >= 4 is 0 Å². The van der Waals surface area contributed by atoms with E-state index >= 15 is 0 Å². The largest absolute Gasteiger partial charge is 0.504 e.